The number of halogens is 1. The minimum Gasteiger partial charge on any atom is -0.394 e. The molecule has 2 heterocycles. The number of hydrogen-bond acceptors (Lipinski definition) is 3. The van der Waals surface area contributed by atoms with Crippen LogP contribution in [0.5, 0.6) is 0 Å². The highest BCUT2D eigenvalue weighted by Crippen LogP contribution is 2.33. The van der Waals surface area contributed by atoms with Gasteiger partial charge in [-0.15, -0.1) is 12.4 Å². The highest BCUT2D eigenvalue weighted by Gasteiger charge is 2.11. The average Bonchev–Trinajstić information content (AvgIpc) is 2.92. The summed E-state index contributed by atoms with van der Waals surface area (Å²) in [6.07, 6.45) is 5.71. The maximum atomic E-state index is 9.10. The second-order valence-electron chi connectivity index (χ2n) is 4.84. The zero-order chi connectivity index (χ0) is 13.5. The van der Waals surface area contributed by atoms with E-state index in [1.807, 2.05) is 30.6 Å². The molecule has 4 rings (SSSR count). The molecule has 0 saturated carbocycles. The van der Waals surface area contributed by atoms with Gasteiger partial charge in [-0.2, -0.15) is 5.10 Å². The van der Waals surface area contributed by atoms with E-state index in [-0.39, 0.29) is 19.0 Å². The Labute approximate surface area is 127 Å². The Morgan fingerprint density at radius 2 is 1.71 bits per heavy atom. The van der Waals surface area contributed by atoms with Crippen LogP contribution in [0.4, 0.5) is 0 Å². The average molecular weight is 300 g/mol. The molecule has 0 fully saturated rings. The summed E-state index contributed by atoms with van der Waals surface area (Å²) in [6, 6.07) is 10.3. The Bertz CT molecular complexity index is 860. The monoisotopic (exact) mass is 299 g/mol. The minimum atomic E-state index is 0. The zero-order valence-electron chi connectivity index (χ0n) is 11.2. The summed E-state index contributed by atoms with van der Waals surface area (Å²) in [5.41, 5.74) is 0.979. The molecule has 0 radical (unpaired) electrons. The van der Waals surface area contributed by atoms with Crippen LogP contribution in [-0.4, -0.2) is 26.5 Å². The number of pyridine rings is 1. The van der Waals surface area contributed by atoms with Crippen molar-refractivity contribution < 1.29 is 5.11 Å². The van der Waals surface area contributed by atoms with Crippen LogP contribution in [0.3, 0.4) is 0 Å². The maximum Gasteiger partial charge on any atom is 0.101 e. The zero-order valence-corrected chi connectivity index (χ0v) is 12.0. The minimum absolute atomic E-state index is 0. The maximum absolute atomic E-state index is 9.10. The number of nitrogens with zero attached hydrogens (tertiary/aromatic N) is 3. The fourth-order valence-electron chi connectivity index (χ4n) is 2.80. The molecule has 2 aromatic heterocycles. The van der Waals surface area contributed by atoms with Crippen molar-refractivity contribution in [2.45, 2.75) is 6.54 Å². The van der Waals surface area contributed by atoms with Gasteiger partial charge in [0.15, 0.2) is 0 Å². The molecule has 0 spiro atoms. The molecule has 2 aromatic carbocycles. The first-order valence-electron chi connectivity index (χ1n) is 6.61. The Morgan fingerprint density at radius 3 is 2.52 bits per heavy atom. The van der Waals surface area contributed by atoms with E-state index in [9.17, 15) is 0 Å². The molecular weight excluding hydrogens is 286 g/mol. The van der Waals surface area contributed by atoms with E-state index in [1.165, 1.54) is 0 Å². The third-order valence-electron chi connectivity index (χ3n) is 3.67. The van der Waals surface area contributed by atoms with E-state index >= 15 is 0 Å². The van der Waals surface area contributed by atoms with Crippen molar-refractivity contribution in [1.29, 1.82) is 0 Å². The summed E-state index contributed by atoms with van der Waals surface area (Å²) in [6.45, 7) is 0.598. The highest BCUT2D eigenvalue weighted by molar-refractivity contribution is 6.23. The number of benzene rings is 2. The van der Waals surface area contributed by atoms with Crippen molar-refractivity contribution in [2.24, 2.45) is 0 Å². The van der Waals surface area contributed by atoms with Crippen molar-refractivity contribution in [1.82, 2.24) is 14.8 Å². The summed E-state index contributed by atoms with van der Waals surface area (Å²) in [5, 5.41) is 19.4. The summed E-state index contributed by atoms with van der Waals surface area (Å²) in [5.74, 6) is 0. The third kappa shape index (κ3) is 2.04. The van der Waals surface area contributed by atoms with Crippen molar-refractivity contribution in [2.75, 3.05) is 6.61 Å². The first kappa shape index (κ1) is 13.8. The number of hydrogen-bond donors (Lipinski definition) is 1. The highest BCUT2D eigenvalue weighted by atomic mass is 35.5. The predicted molar refractivity (Wildman–Crippen MR) is 86.9 cm³/mol. The Hall–Kier alpha value is -2.17. The molecule has 4 aromatic rings. The second kappa shape index (κ2) is 5.31. The van der Waals surface area contributed by atoms with Gasteiger partial charge in [0.25, 0.3) is 0 Å². The molecule has 0 aliphatic rings. The van der Waals surface area contributed by atoms with Crippen molar-refractivity contribution in [3.05, 3.63) is 48.9 Å². The second-order valence-corrected chi connectivity index (χ2v) is 4.84. The van der Waals surface area contributed by atoms with Gasteiger partial charge in [-0.25, -0.2) is 0 Å². The van der Waals surface area contributed by atoms with Gasteiger partial charge in [-0.05, 0) is 16.8 Å². The van der Waals surface area contributed by atoms with E-state index in [0.29, 0.717) is 6.54 Å². The largest absolute Gasteiger partial charge is 0.394 e. The van der Waals surface area contributed by atoms with Crippen LogP contribution in [0.1, 0.15) is 0 Å². The van der Waals surface area contributed by atoms with Crippen LogP contribution < -0.4 is 0 Å². The molecule has 4 nitrogen and oxygen atoms in total. The lowest BCUT2D eigenvalue weighted by molar-refractivity contribution is 0.270. The molecule has 21 heavy (non-hydrogen) atoms. The number of aliphatic hydroxyl groups excluding tert-OH is 1. The van der Waals surface area contributed by atoms with Crippen LogP contribution >= 0.6 is 12.4 Å². The van der Waals surface area contributed by atoms with E-state index in [0.717, 1.165) is 32.4 Å². The quantitative estimate of drug-likeness (QED) is 0.579. The molecule has 0 saturated heterocycles. The Morgan fingerprint density at radius 1 is 0.952 bits per heavy atom. The molecule has 1 N–H and O–H groups in total. The SMILES string of the molecule is Cl.OCCn1cc2c3ccncc3c3ccccc3c2n1. The van der Waals surface area contributed by atoms with Gasteiger partial charge in [0.1, 0.15) is 5.52 Å². The van der Waals surface area contributed by atoms with Gasteiger partial charge in [0.05, 0.1) is 13.2 Å². The summed E-state index contributed by atoms with van der Waals surface area (Å²) in [4.78, 5) is 4.25. The predicted octanol–water partition coefficient (Wildman–Crippen LogP) is 3.15. The molecule has 0 bridgehead atoms. The van der Waals surface area contributed by atoms with Gasteiger partial charge in [-0.1, -0.05) is 24.3 Å². The van der Waals surface area contributed by atoms with Gasteiger partial charge >= 0.3 is 0 Å². The lowest BCUT2D eigenvalue weighted by atomic mass is 10.0. The molecular formula is C16H14ClN3O. The van der Waals surface area contributed by atoms with E-state index in [2.05, 4.69) is 22.2 Å². The van der Waals surface area contributed by atoms with Crippen LogP contribution in [0.15, 0.2) is 48.9 Å². The smallest absolute Gasteiger partial charge is 0.101 e. The number of aromatic nitrogens is 3. The molecule has 5 heteroatoms. The number of fused-ring (bicyclic) bond motifs is 6. The summed E-state index contributed by atoms with van der Waals surface area (Å²) >= 11 is 0. The first-order valence-corrected chi connectivity index (χ1v) is 6.61. The topological polar surface area (TPSA) is 50.9 Å². The molecule has 0 atom stereocenters. The molecule has 106 valence electrons. The lowest BCUT2D eigenvalue weighted by Crippen LogP contribution is -2.01. The number of aliphatic hydroxyl groups is 1. The summed E-state index contributed by atoms with van der Waals surface area (Å²) in [7, 11) is 0. The normalized spacial score (nSPS) is 11.1. The van der Waals surface area contributed by atoms with Crippen molar-refractivity contribution >= 4 is 44.9 Å². The standard InChI is InChI=1S/C16H13N3O.ClH/c20-8-7-19-10-15-12-5-6-17-9-14(12)11-3-1-2-4-13(11)16(15)18-19;/h1-6,9-10,20H,7-8H2;1H. The van der Waals surface area contributed by atoms with Crippen LogP contribution in [0, 0.1) is 0 Å². The fraction of sp³-hybridized carbons (Fsp3) is 0.125. The lowest BCUT2D eigenvalue weighted by Gasteiger charge is -2.04. The van der Waals surface area contributed by atoms with Crippen LogP contribution in [0.25, 0.3) is 32.4 Å². The summed E-state index contributed by atoms with van der Waals surface area (Å²) < 4.78 is 1.80. The van der Waals surface area contributed by atoms with E-state index in [1.54, 1.807) is 10.9 Å². The van der Waals surface area contributed by atoms with E-state index in [4.69, 9.17) is 5.11 Å². The van der Waals surface area contributed by atoms with Gasteiger partial charge in [0, 0.05) is 34.7 Å². The van der Waals surface area contributed by atoms with Gasteiger partial charge < -0.3 is 5.11 Å². The molecule has 0 unspecified atom stereocenters. The third-order valence-corrected chi connectivity index (χ3v) is 3.67. The van der Waals surface area contributed by atoms with E-state index < -0.39 is 0 Å². The van der Waals surface area contributed by atoms with Crippen LogP contribution in [0.2, 0.25) is 0 Å². The Balaban J connectivity index is 0.00000132. The van der Waals surface area contributed by atoms with Crippen molar-refractivity contribution in [3.63, 3.8) is 0 Å². The molecule has 0 amide bonds. The van der Waals surface area contributed by atoms with Crippen LogP contribution in [-0.2, 0) is 6.54 Å². The molecule has 0 aliphatic heterocycles. The first-order chi connectivity index (χ1) is 9.88. The van der Waals surface area contributed by atoms with Crippen molar-refractivity contribution in [3.8, 4) is 0 Å². The van der Waals surface area contributed by atoms with Gasteiger partial charge in [-0.3, -0.25) is 9.67 Å². The number of rotatable bonds is 2. The fourth-order valence-corrected chi connectivity index (χ4v) is 2.80. The Kier molecular flexibility index (Phi) is 3.49. The van der Waals surface area contributed by atoms with Gasteiger partial charge in [0.2, 0.25) is 0 Å². The molecule has 0 aliphatic carbocycles.